The first-order valence-electron chi connectivity index (χ1n) is 8.33. The summed E-state index contributed by atoms with van der Waals surface area (Å²) in [5.74, 6) is 4.04. The molecule has 2 aromatic rings. The molecule has 0 saturated carbocycles. The third-order valence-electron chi connectivity index (χ3n) is 4.65. The van der Waals surface area contributed by atoms with Crippen molar-refractivity contribution in [1.82, 2.24) is 0 Å². The van der Waals surface area contributed by atoms with Gasteiger partial charge < -0.3 is 28.4 Å². The van der Waals surface area contributed by atoms with Crippen molar-refractivity contribution < 1.29 is 28.4 Å². The van der Waals surface area contributed by atoms with Gasteiger partial charge in [-0.15, -0.1) is 0 Å². The molecule has 0 unspecified atom stereocenters. The zero-order valence-electron chi connectivity index (χ0n) is 15.8. The number of rotatable bonds is 6. The van der Waals surface area contributed by atoms with Crippen LogP contribution in [0, 0.1) is 0 Å². The molecule has 26 heavy (non-hydrogen) atoms. The Morgan fingerprint density at radius 3 is 1.96 bits per heavy atom. The molecule has 1 atom stereocenters. The number of ether oxygens (including phenoxy) is 6. The molecule has 6 nitrogen and oxygen atoms in total. The standard InChI is InChI=1S/C20H24O6/c1-21-15-8-6-12-10-13(11-26-17(12)19(15)24-4)14-7-9-16(22-2)20(25-5)18(14)23-3/h6-9,13H,10-11H2,1-5H3/t13-/m0/s1. The fourth-order valence-electron chi connectivity index (χ4n) is 3.41. The van der Waals surface area contributed by atoms with Crippen molar-refractivity contribution in [3.05, 3.63) is 35.4 Å². The molecule has 0 bridgehead atoms. The first kappa shape index (κ1) is 18.0. The zero-order chi connectivity index (χ0) is 18.7. The van der Waals surface area contributed by atoms with Crippen molar-refractivity contribution in [2.24, 2.45) is 0 Å². The number of fused-ring (bicyclic) bond motifs is 1. The van der Waals surface area contributed by atoms with Gasteiger partial charge in [0.15, 0.2) is 23.0 Å². The molecule has 0 N–H and O–H groups in total. The molecule has 1 aliphatic rings. The lowest BCUT2D eigenvalue weighted by Gasteiger charge is -2.29. The average Bonchev–Trinajstić information content (AvgIpc) is 2.70. The molecule has 140 valence electrons. The Morgan fingerprint density at radius 1 is 0.731 bits per heavy atom. The van der Waals surface area contributed by atoms with Gasteiger partial charge in [0.2, 0.25) is 11.5 Å². The Balaban J connectivity index is 1.99. The maximum atomic E-state index is 6.05. The van der Waals surface area contributed by atoms with E-state index in [1.54, 1.807) is 35.5 Å². The number of benzene rings is 2. The molecular weight excluding hydrogens is 336 g/mol. The van der Waals surface area contributed by atoms with Crippen molar-refractivity contribution in [2.45, 2.75) is 12.3 Å². The lowest BCUT2D eigenvalue weighted by atomic mass is 9.89. The van der Waals surface area contributed by atoms with E-state index in [4.69, 9.17) is 28.4 Å². The Kier molecular flexibility index (Phi) is 5.30. The van der Waals surface area contributed by atoms with Crippen LogP contribution in [0.1, 0.15) is 17.0 Å². The van der Waals surface area contributed by atoms with Crippen LogP contribution in [-0.4, -0.2) is 42.2 Å². The first-order valence-corrected chi connectivity index (χ1v) is 8.33. The Labute approximate surface area is 153 Å². The maximum Gasteiger partial charge on any atom is 0.203 e. The molecule has 6 heteroatoms. The van der Waals surface area contributed by atoms with E-state index < -0.39 is 0 Å². The minimum Gasteiger partial charge on any atom is -0.493 e. The van der Waals surface area contributed by atoms with Crippen LogP contribution in [0.15, 0.2) is 24.3 Å². The molecule has 1 aliphatic heterocycles. The van der Waals surface area contributed by atoms with Crippen LogP contribution >= 0.6 is 0 Å². The lowest BCUT2D eigenvalue weighted by Crippen LogP contribution is -2.20. The second-order valence-corrected chi connectivity index (χ2v) is 5.92. The highest BCUT2D eigenvalue weighted by Gasteiger charge is 2.29. The average molecular weight is 360 g/mol. The van der Waals surface area contributed by atoms with E-state index in [2.05, 4.69) is 0 Å². The Bertz CT molecular complexity index is 786. The van der Waals surface area contributed by atoms with Gasteiger partial charge in [0.1, 0.15) is 0 Å². The summed E-state index contributed by atoms with van der Waals surface area (Å²) in [7, 11) is 8.08. The minimum absolute atomic E-state index is 0.121. The van der Waals surface area contributed by atoms with Crippen LogP contribution < -0.4 is 28.4 Å². The van der Waals surface area contributed by atoms with Crippen LogP contribution in [0.4, 0.5) is 0 Å². The highest BCUT2D eigenvalue weighted by molar-refractivity contribution is 5.60. The minimum atomic E-state index is 0.121. The van der Waals surface area contributed by atoms with Crippen LogP contribution in [0.25, 0.3) is 0 Å². The Hall–Kier alpha value is -2.76. The van der Waals surface area contributed by atoms with Crippen LogP contribution in [-0.2, 0) is 6.42 Å². The molecule has 3 rings (SSSR count). The summed E-state index contributed by atoms with van der Waals surface area (Å²) in [6, 6.07) is 7.80. The van der Waals surface area contributed by atoms with Crippen LogP contribution in [0.3, 0.4) is 0 Å². The van der Waals surface area contributed by atoms with Gasteiger partial charge >= 0.3 is 0 Å². The van der Waals surface area contributed by atoms with Crippen LogP contribution in [0.2, 0.25) is 0 Å². The van der Waals surface area contributed by atoms with Crippen molar-refractivity contribution in [3.8, 4) is 34.5 Å². The summed E-state index contributed by atoms with van der Waals surface area (Å²) in [6.07, 6.45) is 0.793. The number of methoxy groups -OCH3 is 5. The van der Waals surface area contributed by atoms with Crippen molar-refractivity contribution >= 4 is 0 Å². The third kappa shape index (κ3) is 2.96. The van der Waals surface area contributed by atoms with Crippen molar-refractivity contribution in [2.75, 3.05) is 42.2 Å². The van der Waals surface area contributed by atoms with Gasteiger partial charge in [-0.1, -0.05) is 12.1 Å². The molecule has 1 heterocycles. The van der Waals surface area contributed by atoms with E-state index in [-0.39, 0.29) is 5.92 Å². The van der Waals surface area contributed by atoms with Crippen molar-refractivity contribution in [1.29, 1.82) is 0 Å². The predicted molar refractivity (Wildman–Crippen MR) is 97.6 cm³/mol. The maximum absolute atomic E-state index is 6.05. The monoisotopic (exact) mass is 360 g/mol. The predicted octanol–water partition coefficient (Wildman–Crippen LogP) is 3.45. The first-order chi connectivity index (χ1) is 12.7. The summed E-state index contributed by atoms with van der Waals surface area (Å²) >= 11 is 0. The van der Waals surface area contributed by atoms with Gasteiger partial charge in [0.25, 0.3) is 0 Å². The second kappa shape index (κ2) is 7.64. The van der Waals surface area contributed by atoms with E-state index >= 15 is 0 Å². The molecule has 0 fully saturated rings. The summed E-state index contributed by atoms with van der Waals surface area (Å²) in [4.78, 5) is 0. The van der Waals surface area contributed by atoms with Gasteiger partial charge in [0.05, 0.1) is 42.2 Å². The topological polar surface area (TPSA) is 55.4 Å². The zero-order valence-corrected chi connectivity index (χ0v) is 15.8. The molecule has 0 aliphatic carbocycles. The van der Waals surface area contributed by atoms with E-state index in [0.29, 0.717) is 35.4 Å². The fourth-order valence-corrected chi connectivity index (χ4v) is 3.41. The summed E-state index contributed by atoms with van der Waals surface area (Å²) < 4.78 is 33.4. The molecular formula is C20H24O6. The lowest BCUT2D eigenvalue weighted by molar-refractivity contribution is 0.238. The number of hydrogen-bond donors (Lipinski definition) is 0. The molecule has 2 aromatic carbocycles. The third-order valence-corrected chi connectivity index (χ3v) is 4.65. The van der Waals surface area contributed by atoms with Gasteiger partial charge in [-0.3, -0.25) is 0 Å². The van der Waals surface area contributed by atoms with Crippen LogP contribution in [0.5, 0.6) is 34.5 Å². The van der Waals surface area contributed by atoms with Gasteiger partial charge in [-0.05, 0) is 24.1 Å². The quantitative estimate of drug-likeness (QED) is 0.786. The number of hydrogen-bond acceptors (Lipinski definition) is 6. The molecule has 0 saturated heterocycles. The van der Waals surface area contributed by atoms with E-state index in [1.807, 2.05) is 24.3 Å². The highest BCUT2D eigenvalue weighted by atomic mass is 16.5. The van der Waals surface area contributed by atoms with Gasteiger partial charge in [-0.25, -0.2) is 0 Å². The SMILES string of the molecule is COc1ccc2c(c1OC)OC[C@@H](c1ccc(OC)c(OC)c1OC)C2. The highest BCUT2D eigenvalue weighted by Crippen LogP contribution is 2.48. The van der Waals surface area contributed by atoms with E-state index in [0.717, 1.165) is 23.3 Å². The van der Waals surface area contributed by atoms with Crippen molar-refractivity contribution in [3.63, 3.8) is 0 Å². The smallest absolute Gasteiger partial charge is 0.203 e. The van der Waals surface area contributed by atoms with Gasteiger partial charge in [-0.2, -0.15) is 0 Å². The largest absolute Gasteiger partial charge is 0.493 e. The Morgan fingerprint density at radius 2 is 1.35 bits per heavy atom. The summed E-state index contributed by atoms with van der Waals surface area (Å²) in [5.41, 5.74) is 2.08. The molecule has 0 spiro atoms. The summed E-state index contributed by atoms with van der Waals surface area (Å²) in [6.45, 7) is 0.502. The molecule has 0 amide bonds. The van der Waals surface area contributed by atoms with Gasteiger partial charge in [0, 0.05) is 11.5 Å². The molecule has 0 radical (unpaired) electrons. The molecule has 0 aromatic heterocycles. The normalized spacial score (nSPS) is 15.5. The van der Waals surface area contributed by atoms with E-state index in [9.17, 15) is 0 Å². The second-order valence-electron chi connectivity index (χ2n) is 5.92. The summed E-state index contributed by atoms with van der Waals surface area (Å²) in [5, 5.41) is 0. The van der Waals surface area contributed by atoms with E-state index in [1.165, 1.54) is 0 Å². The fraction of sp³-hybridized carbons (Fsp3) is 0.400.